The molecule has 0 fully saturated rings. The van der Waals surface area contributed by atoms with Gasteiger partial charge in [-0.3, -0.25) is 0 Å². The van der Waals surface area contributed by atoms with Gasteiger partial charge in [-0.25, -0.2) is 0 Å². The van der Waals surface area contributed by atoms with Crippen molar-refractivity contribution in [2.45, 2.75) is 13.8 Å². The molecule has 0 nitrogen and oxygen atoms in total. The molecule has 0 aliphatic rings. The van der Waals surface area contributed by atoms with Gasteiger partial charge in [0.15, 0.2) is 0 Å². The van der Waals surface area contributed by atoms with Crippen molar-refractivity contribution in [2.24, 2.45) is 0 Å². The number of hydrogen-bond acceptors (Lipinski definition) is 0. The third-order valence-electron chi connectivity index (χ3n) is 1.17. The first-order valence-corrected chi connectivity index (χ1v) is 9.09. The Morgan fingerprint density at radius 2 is 1.33 bits per heavy atom. The Morgan fingerprint density at radius 1 is 1.00 bits per heavy atom. The third-order valence-corrected chi connectivity index (χ3v) is 1.17. The van der Waals surface area contributed by atoms with Crippen LogP contribution in [0, 0.1) is 13.8 Å². The van der Waals surface area contributed by atoms with Gasteiger partial charge in [0.1, 0.15) is 0 Å². The van der Waals surface area contributed by atoms with E-state index in [0.29, 0.717) is 0 Å². The van der Waals surface area contributed by atoms with Crippen molar-refractivity contribution < 1.29 is 12.3 Å². The van der Waals surface area contributed by atoms with E-state index in [2.05, 4.69) is 38.1 Å². The van der Waals surface area contributed by atoms with Gasteiger partial charge in [0.2, 0.25) is 0 Å². The maximum absolute atomic E-state index is 4.95. The zero-order chi connectivity index (χ0) is 9.56. The molecule has 0 saturated carbocycles. The summed E-state index contributed by atoms with van der Waals surface area (Å²) in [6.45, 7) is 4.21. The molecule has 68 valence electrons. The Balaban J connectivity index is 0.000000261. The first kappa shape index (κ1) is 12.7. The predicted octanol–water partition coefficient (Wildman–Crippen LogP) is 4.37. The minimum absolute atomic E-state index is 1.34. The molecule has 0 heterocycles. The summed E-state index contributed by atoms with van der Waals surface area (Å²) in [4.78, 5) is 0. The molecule has 1 rings (SSSR count). The van der Waals surface area contributed by atoms with Crippen LogP contribution in [0.15, 0.2) is 24.3 Å². The second kappa shape index (κ2) is 7.11. The average Bonchev–Trinajstić information content (AvgIpc) is 1.84. The van der Waals surface area contributed by atoms with Crippen molar-refractivity contribution in [1.82, 2.24) is 0 Å². The van der Waals surface area contributed by atoms with Crippen LogP contribution >= 0.6 is 29.5 Å². The summed E-state index contributed by atoms with van der Waals surface area (Å²) >= 11 is -1.77. The van der Waals surface area contributed by atoms with Crippen LogP contribution in [0.5, 0.6) is 0 Å². The molecule has 1 aromatic rings. The van der Waals surface area contributed by atoms with E-state index in [4.69, 9.17) is 29.5 Å². The fourth-order valence-corrected chi connectivity index (χ4v) is 0.807. The summed E-state index contributed by atoms with van der Waals surface area (Å²) in [6.07, 6.45) is 0. The van der Waals surface area contributed by atoms with Gasteiger partial charge in [-0.2, -0.15) is 0 Å². The van der Waals surface area contributed by atoms with Crippen LogP contribution in [-0.2, 0) is 12.3 Å². The van der Waals surface area contributed by atoms with Crippen LogP contribution in [0.2, 0.25) is 0 Å². The first-order chi connectivity index (χ1) is 5.52. The molecule has 0 aliphatic carbocycles. The second-order valence-electron chi connectivity index (χ2n) is 2.35. The van der Waals surface area contributed by atoms with Gasteiger partial charge in [0, 0.05) is 0 Å². The molecular weight excluding hydrogens is 253 g/mol. The normalized spacial score (nSPS) is 9.17. The summed E-state index contributed by atoms with van der Waals surface area (Å²) in [7, 11) is 14.9. The van der Waals surface area contributed by atoms with E-state index in [0.717, 1.165) is 0 Å². The molecular formula is C8H10Cl3V. The fourth-order valence-electron chi connectivity index (χ4n) is 0.807. The van der Waals surface area contributed by atoms with E-state index in [1.165, 1.54) is 11.1 Å². The molecule has 4 heteroatoms. The van der Waals surface area contributed by atoms with Crippen LogP contribution in [-0.4, -0.2) is 0 Å². The summed E-state index contributed by atoms with van der Waals surface area (Å²) in [6, 6.07) is 8.45. The molecule has 0 radical (unpaired) electrons. The zero-order valence-corrected chi connectivity index (χ0v) is 10.6. The quantitative estimate of drug-likeness (QED) is 0.652. The molecule has 0 atom stereocenters. The SMILES string of the molecule is Cc1cccc(C)c1.[Cl][V]([Cl])[Cl]. The molecule has 0 spiro atoms. The Kier molecular flexibility index (Phi) is 7.51. The summed E-state index contributed by atoms with van der Waals surface area (Å²) in [5, 5.41) is 0. The van der Waals surface area contributed by atoms with Gasteiger partial charge >= 0.3 is 41.8 Å². The summed E-state index contributed by atoms with van der Waals surface area (Å²) in [5.74, 6) is 0. The maximum atomic E-state index is 4.95. The Bertz CT molecular complexity index is 205. The van der Waals surface area contributed by atoms with Crippen LogP contribution < -0.4 is 0 Å². The van der Waals surface area contributed by atoms with Crippen LogP contribution in [0.25, 0.3) is 0 Å². The first-order valence-electron chi connectivity index (χ1n) is 3.33. The third kappa shape index (κ3) is 8.77. The second-order valence-corrected chi connectivity index (χ2v) is 9.27. The molecule has 0 saturated heterocycles. The van der Waals surface area contributed by atoms with Crippen molar-refractivity contribution >= 4 is 29.5 Å². The fraction of sp³-hybridized carbons (Fsp3) is 0.250. The van der Waals surface area contributed by atoms with E-state index >= 15 is 0 Å². The van der Waals surface area contributed by atoms with Crippen molar-refractivity contribution in [2.75, 3.05) is 0 Å². The van der Waals surface area contributed by atoms with Crippen molar-refractivity contribution in [3.63, 3.8) is 0 Å². The molecule has 0 unspecified atom stereocenters. The Hall–Kier alpha value is 0.674. The number of benzene rings is 1. The van der Waals surface area contributed by atoms with E-state index in [1.807, 2.05) is 0 Å². The van der Waals surface area contributed by atoms with Gasteiger partial charge in [-0.05, 0) is 13.8 Å². The number of aryl methyl sites for hydroxylation is 2. The minimum atomic E-state index is -1.77. The number of rotatable bonds is 0. The van der Waals surface area contributed by atoms with Crippen molar-refractivity contribution in [1.29, 1.82) is 0 Å². The molecule has 12 heavy (non-hydrogen) atoms. The molecule has 0 aromatic heterocycles. The van der Waals surface area contributed by atoms with Crippen LogP contribution in [0.3, 0.4) is 0 Å². The van der Waals surface area contributed by atoms with E-state index in [9.17, 15) is 0 Å². The summed E-state index contributed by atoms with van der Waals surface area (Å²) < 4.78 is 0. The zero-order valence-electron chi connectivity index (χ0n) is 6.89. The standard InChI is InChI=1S/C8H10.3ClH.V/c1-7-4-3-5-8(2)6-7;;;;/h3-6H,1-2H3;3*1H;/q;;;;+3/p-3. The van der Waals surface area contributed by atoms with Crippen molar-refractivity contribution in [3.8, 4) is 0 Å². The topological polar surface area (TPSA) is 0 Å². The molecule has 0 amide bonds. The van der Waals surface area contributed by atoms with Crippen LogP contribution in [0.4, 0.5) is 0 Å². The van der Waals surface area contributed by atoms with Gasteiger partial charge in [0.25, 0.3) is 0 Å². The summed E-state index contributed by atoms with van der Waals surface area (Å²) in [5.41, 5.74) is 2.68. The Morgan fingerprint density at radius 3 is 1.50 bits per heavy atom. The monoisotopic (exact) mass is 262 g/mol. The van der Waals surface area contributed by atoms with E-state index in [1.54, 1.807) is 0 Å². The molecule has 0 N–H and O–H groups in total. The van der Waals surface area contributed by atoms with E-state index in [-0.39, 0.29) is 0 Å². The van der Waals surface area contributed by atoms with Gasteiger partial charge in [0.05, 0.1) is 0 Å². The molecule has 0 aliphatic heterocycles. The molecule has 0 bridgehead atoms. The van der Waals surface area contributed by atoms with Crippen LogP contribution in [0.1, 0.15) is 11.1 Å². The Labute approximate surface area is 90.7 Å². The van der Waals surface area contributed by atoms with Gasteiger partial charge < -0.3 is 0 Å². The van der Waals surface area contributed by atoms with E-state index < -0.39 is 12.3 Å². The number of hydrogen-bond donors (Lipinski definition) is 0. The predicted molar refractivity (Wildman–Crippen MR) is 53.5 cm³/mol. The van der Waals surface area contributed by atoms with Crippen molar-refractivity contribution in [3.05, 3.63) is 35.4 Å². The van der Waals surface area contributed by atoms with Gasteiger partial charge in [-0.1, -0.05) is 35.4 Å². The number of halogens is 3. The molecule has 1 aromatic carbocycles. The average molecular weight is 263 g/mol. The van der Waals surface area contributed by atoms with Gasteiger partial charge in [-0.15, -0.1) is 0 Å².